The molecule has 158 valence electrons. The highest BCUT2D eigenvalue weighted by atomic mass is 16.2. The Morgan fingerprint density at radius 1 is 1.20 bits per heavy atom. The molecule has 0 unspecified atom stereocenters. The Morgan fingerprint density at radius 3 is 2.57 bits per heavy atom. The van der Waals surface area contributed by atoms with E-state index in [0.717, 1.165) is 17.8 Å². The highest BCUT2D eigenvalue weighted by Crippen LogP contribution is 2.31. The number of carbonyl (C=O) groups excluding carboxylic acids is 3. The lowest BCUT2D eigenvalue weighted by molar-refractivity contribution is -0.140. The molecule has 1 aromatic carbocycles. The average molecular weight is 409 g/mol. The van der Waals surface area contributed by atoms with Crippen LogP contribution in [0.2, 0.25) is 0 Å². The summed E-state index contributed by atoms with van der Waals surface area (Å²) in [5.74, 6) is 0.689. The van der Waals surface area contributed by atoms with Crippen LogP contribution in [0.3, 0.4) is 0 Å². The molecule has 3 heterocycles. The van der Waals surface area contributed by atoms with Crippen LogP contribution < -0.4 is 5.32 Å². The highest BCUT2D eigenvalue weighted by Gasteiger charge is 2.52. The Kier molecular flexibility index (Phi) is 5.32. The Labute approximate surface area is 175 Å². The predicted molar refractivity (Wildman–Crippen MR) is 110 cm³/mol. The van der Waals surface area contributed by atoms with Crippen LogP contribution in [0.25, 0.3) is 0 Å². The zero-order valence-corrected chi connectivity index (χ0v) is 17.4. The molecule has 2 aliphatic heterocycles. The van der Waals surface area contributed by atoms with Crippen molar-refractivity contribution in [3.63, 3.8) is 0 Å². The lowest BCUT2D eigenvalue weighted by atomic mass is 9.87. The first kappa shape index (κ1) is 20.1. The van der Waals surface area contributed by atoms with Gasteiger partial charge in [0.1, 0.15) is 17.4 Å². The van der Waals surface area contributed by atoms with Gasteiger partial charge in [-0.1, -0.05) is 37.3 Å². The van der Waals surface area contributed by atoms with Crippen molar-refractivity contribution in [3.05, 3.63) is 54.1 Å². The van der Waals surface area contributed by atoms with Gasteiger partial charge in [-0.15, -0.1) is 0 Å². The van der Waals surface area contributed by atoms with Crippen LogP contribution in [0.1, 0.15) is 44.1 Å². The minimum absolute atomic E-state index is 0.00969. The number of nitrogens with one attached hydrogen (secondary N) is 1. The minimum Gasteiger partial charge on any atom is -0.341 e. The number of likely N-dealkylation sites (tertiary alicyclic amines) is 1. The molecule has 4 rings (SSSR count). The quantitative estimate of drug-likeness (QED) is 0.767. The molecule has 4 amide bonds. The number of aryl methyl sites for hydroxylation is 1. The number of hydrogen-bond acceptors (Lipinski definition) is 4. The predicted octanol–water partition coefficient (Wildman–Crippen LogP) is 2.12. The van der Waals surface area contributed by atoms with Crippen molar-refractivity contribution in [3.8, 4) is 0 Å². The number of nitrogens with zero attached hydrogens (tertiary/aromatic N) is 4. The summed E-state index contributed by atoms with van der Waals surface area (Å²) >= 11 is 0. The lowest BCUT2D eigenvalue weighted by Gasteiger charge is -2.38. The molecule has 2 aromatic rings. The maximum absolute atomic E-state index is 13.1. The number of urea groups is 1. The van der Waals surface area contributed by atoms with Gasteiger partial charge in [0.05, 0.1) is 6.54 Å². The zero-order chi connectivity index (χ0) is 21.3. The van der Waals surface area contributed by atoms with E-state index in [-0.39, 0.29) is 30.4 Å². The summed E-state index contributed by atoms with van der Waals surface area (Å²) in [4.78, 5) is 46.0. The summed E-state index contributed by atoms with van der Waals surface area (Å²) < 4.78 is 1.90. The van der Waals surface area contributed by atoms with Crippen molar-refractivity contribution < 1.29 is 14.4 Å². The first-order valence-electron chi connectivity index (χ1n) is 10.4. The zero-order valence-electron chi connectivity index (χ0n) is 17.4. The van der Waals surface area contributed by atoms with Gasteiger partial charge in [-0.05, 0) is 25.3 Å². The molecule has 1 aromatic heterocycles. The fourth-order valence-electron chi connectivity index (χ4n) is 4.39. The van der Waals surface area contributed by atoms with Crippen molar-refractivity contribution in [2.24, 2.45) is 0 Å². The van der Waals surface area contributed by atoms with E-state index in [9.17, 15) is 14.4 Å². The number of rotatable bonds is 5. The Morgan fingerprint density at radius 2 is 1.90 bits per heavy atom. The summed E-state index contributed by atoms with van der Waals surface area (Å²) in [5.41, 5.74) is 0.00157. The molecule has 1 N–H and O–H groups in total. The SMILES string of the molecule is CCc1nccn1[C@H](C)C(=O)N1CCC2(CC1)NC(=O)N(Cc1ccccc1)C2=O. The van der Waals surface area contributed by atoms with Crippen LogP contribution in [0.15, 0.2) is 42.7 Å². The summed E-state index contributed by atoms with van der Waals surface area (Å²) in [6.07, 6.45) is 5.14. The molecule has 2 saturated heterocycles. The van der Waals surface area contributed by atoms with E-state index in [1.54, 1.807) is 11.1 Å². The van der Waals surface area contributed by atoms with E-state index in [0.29, 0.717) is 25.9 Å². The molecule has 2 aliphatic rings. The molecule has 1 spiro atoms. The topological polar surface area (TPSA) is 87.5 Å². The van der Waals surface area contributed by atoms with E-state index in [1.165, 1.54) is 4.90 Å². The van der Waals surface area contributed by atoms with Crippen LogP contribution in [0.5, 0.6) is 0 Å². The van der Waals surface area contributed by atoms with Crippen molar-refractivity contribution in [2.75, 3.05) is 13.1 Å². The lowest BCUT2D eigenvalue weighted by Crippen LogP contribution is -2.56. The Bertz CT molecular complexity index is 947. The van der Waals surface area contributed by atoms with Crippen molar-refractivity contribution >= 4 is 17.8 Å². The van der Waals surface area contributed by atoms with Crippen molar-refractivity contribution in [1.82, 2.24) is 24.7 Å². The van der Waals surface area contributed by atoms with Gasteiger partial charge >= 0.3 is 6.03 Å². The van der Waals surface area contributed by atoms with Gasteiger partial charge in [-0.3, -0.25) is 14.5 Å². The van der Waals surface area contributed by atoms with Crippen LogP contribution in [-0.4, -0.2) is 55.8 Å². The molecule has 8 nitrogen and oxygen atoms in total. The minimum atomic E-state index is -0.907. The van der Waals surface area contributed by atoms with E-state index in [4.69, 9.17) is 0 Å². The summed E-state index contributed by atoms with van der Waals surface area (Å²) in [6.45, 7) is 5.01. The number of carbonyl (C=O) groups is 3. The first-order valence-corrected chi connectivity index (χ1v) is 10.4. The number of amides is 4. The van der Waals surface area contributed by atoms with Gasteiger partial charge in [-0.2, -0.15) is 0 Å². The largest absolute Gasteiger partial charge is 0.341 e. The number of hydrogen-bond donors (Lipinski definition) is 1. The Balaban J connectivity index is 1.41. The third-order valence-electron chi connectivity index (χ3n) is 6.20. The summed E-state index contributed by atoms with van der Waals surface area (Å²) in [5, 5.41) is 2.91. The van der Waals surface area contributed by atoms with Gasteiger partial charge in [0.2, 0.25) is 5.91 Å². The molecule has 0 radical (unpaired) electrons. The second-order valence-corrected chi connectivity index (χ2v) is 7.99. The summed E-state index contributed by atoms with van der Waals surface area (Å²) in [6, 6.07) is 8.77. The smallest absolute Gasteiger partial charge is 0.325 e. The number of benzene rings is 1. The Hall–Kier alpha value is -3.16. The van der Waals surface area contributed by atoms with Crippen LogP contribution >= 0.6 is 0 Å². The first-order chi connectivity index (χ1) is 14.4. The van der Waals surface area contributed by atoms with Gasteiger partial charge in [0.25, 0.3) is 5.91 Å². The van der Waals surface area contributed by atoms with Gasteiger partial charge in [0, 0.05) is 31.9 Å². The standard InChI is InChI=1S/C22H27N5O3/c1-3-18-23-11-14-26(18)16(2)19(28)25-12-9-22(10-13-25)20(29)27(21(30)24-22)15-17-7-5-4-6-8-17/h4-8,11,14,16H,3,9-10,12-13,15H2,1-2H3,(H,24,30)/t16-/m1/s1. The van der Waals surface area contributed by atoms with E-state index in [1.807, 2.05) is 54.9 Å². The molecule has 30 heavy (non-hydrogen) atoms. The van der Waals surface area contributed by atoms with Gasteiger partial charge in [0.15, 0.2) is 0 Å². The normalized spacial score (nSPS) is 19.3. The fraction of sp³-hybridized carbons (Fsp3) is 0.455. The average Bonchev–Trinajstić information content (AvgIpc) is 3.33. The fourth-order valence-corrected chi connectivity index (χ4v) is 4.39. The van der Waals surface area contributed by atoms with Crippen molar-refractivity contribution in [1.29, 1.82) is 0 Å². The third kappa shape index (κ3) is 3.46. The summed E-state index contributed by atoms with van der Waals surface area (Å²) in [7, 11) is 0. The molecule has 0 bridgehead atoms. The highest BCUT2D eigenvalue weighted by molar-refractivity contribution is 6.07. The molecule has 0 aliphatic carbocycles. The van der Waals surface area contributed by atoms with Crippen LogP contribution in [0.4, 0.5) is 4.79 Å². The number of aromatic nitrogens is 2. The number of imidazole rings is 1. The van der Waals surface area contributed by atoms with E-state index < -0.39 is 5.54 Å². The third-order valence-corrected chi connectivity index (χ3v) is 6.20. The second kappa shape index (κ2) is 7.93. The molecule has 2 fully saturated rings. The van der Waals surface area contributed by atoms with Crippen LogP contribution in [-0.2, 0) is 22.6 Å². The molecular formula is C22H27N5O3. The molecular weight excluding hydrogens is 382 g/mol. The molecule has 0 saturated carbocycles. The monoisotopic (exact) mass is 409 g/mol. The molecule has 8 heteroatoms. The number of imide groups is 1. The number of piperidine rings is 1. The molecule has 1 atom stereocenters. The van der Waals surface area contributed by atoms with Gasteiger partial charge in [-0.25, -0.2) is 9.78 Å². The maximum atomic E-state index is 13.1. The van der Waals surface area contributed by atoms with E-state index in [2.05, 4.69) is 10.3 Å². The van der Waals surface area contributed by atoms with Crippen LogP contribution in [0, 0.1) is 0 Å². The van der Waals surface area contributed by atoms with Gasteiger partial charge < -0.3 is 14.8 Å². The second-order valence-electron chi connectivity index (χ2n) is 7.99. The maximum Gasteiger partial charge on any atom is 0.325 e. The van der Waals surface area contributed by atoms with E-state index >= 15 is 0 Å². The van der Waals surface area contributed by atoms with Crippen molar-refractivity contribution in [2.45, 2.75) is 51.2 Å².